The lowest BCUT2D eigenvalue weighted by atomic mass is 9.91. The minimum Gasteiger partial charge on any atom is -0.391 e. The van der Waals surface area contributed by atoms with Crippen molar-refractivity contribution in [3.63, 3.8) is 0 Å². The zero-order valence-corrected chi connectivity index (χ0v) is 20.1. The Morgan fingerprint density at radius 1 is 1.17 bits per heavy atom. The second kappa shape index (κ2) is 10.4. The maximum Gasteiger partial charge on any atom is 0.275 e. The van der Waals surface area contributed by atoms with Gasteiger partial charge in [0.25, 0.3) is 5.91 Å². The molecule has 0 radical (unpaired) electrons. The van der Waals surface area contributed by atoms with E-state index in [4.69, 9.17) is 9.36 Å². The summed E-state index contributed by atoms with van der Waals surface area (Å²) in [5.41, 5.74) is 3.09. The lowest BCUT2D eigenvalue weighted by molar-refractivity contribution is -0.143. The van der Waals surface area contributed by atoms with Crippen molar-refractivity contribution in [2.45, 2.75) is 45.3 Å². The Labute approximate surface area is 206 Å². The average molecular weight is 500 g/mol. The van der Waals surface area contributed by atoms with Gasteiger partial charge in [0, 0.05) is 19.0 Å². The van der Waals surface area contributed by atoms with Gasteiger partial charge >= 0.3 is 0 Å². The quantitative estimate of drug-likeness (QED) is 0.480. The maximum absolute atomic E-state index is 14.0. The zero-order chi connectivity index (χ0) is 26.0. The largest absolute Gasteiger partial charge is 0.391 e. The number of hydrogen-bond donors (Lipinski definition) is 2. The molecule has 2 heterocycles. The molecule has 0 saturated carbocycles. The highest BCUT2D eigenvalue weighted by Crippen LogP contribution is 2.31. The van der Waals surface area contributed by atoms with E-state index < -0.39 is 35.6 Å². The first kappa shape index (κ1) is 25.3. The molecule has 0 aliphatic carbocycles. The van der Waals surface area contributed by atoms with Gasteiger partial charge in [0.2, 0.25) is 5.91 Å². The number of β-amino-alcohol motifs (C(OH)–C–C–N with tert-alkyl or cyclic N) is 1. The lowest BCUT2D eigenvalue weighted by Gasteiger charge is -2.28. The molecular weight excluding hydrogens is 472 g/mol. The monoisotopic (exact) mass is 499 g/mol. The number of rotatable bonds is 7. The van der Waals surface area contributed by atoms with Crippen LogP contribution in [-0.2, 0) is 9.59 Å². The minimum atomic E-state index is -0.954. The lowest BCUT2D eigenvalue weighted by Crippen LogP contribution is -2.48. The van der Waals surface area contributed by atoms with Gasteiger partial charge in [-0.25, -0.2) is 8.78 Å². The topological polar surface area (TPSA) is 105 Å². The highest BCUT2D eigenvalue weighted by atomic mass is 19.1. The average Bonchev–Trinajstić information content (AvgIpc) is 3.43. The number of nitrogens with zero attached hydrogens (tertiary/aromatic N) is 2. The van der Waals surface area contributed by atoms with Crippen molar-refractivity contribution in [1.29, 1.82) is 0 Å². The van der Waals surface area contributed by atoms with Gasteiger partial charge in [-0.1, -0.05) is 37.2 Å². The van der Waals surface area contributed by atoms with E-state index in [1.54, 1.807) is 13.0 Å². The summed E-state index contributed by atoms with van der Waals surface area (Å²) in [5, 5.41) is 14.1. The summed E-state index contributed by atoms with van der Waals surface area (Å²) in [7, 11) is 0. The summed E-state index contributed by atoms with van der Waals surface area (Å²) in [5.74, 6) is -2.54. The van der Waals surface area contributed by atoms with Crippen molar-refractivity contribution in [3.05, 3.63) is 71.6 Å². The summed E-state index contributed by atoms with van der Waals surface area (Å²) in [6, 6.07) is 10.2. The van der Waals surface area contributed by atoms with Crippen molar-refractivity contribution >= 4 is 11.8 Å². The fourth-order valence-electron chi connectivity index (χ4n) is 4.39. The molecule has 0 spiro atoms. The van der Waals surface area contributed by atoms with Crippen LogP contribution in [0.3, 0.4) is 0 Å². The van der Waals surface area contributed by atoms with E-state index in [0.717, 1.165) is 0 Å². The molecule has 36 heavy (non-hydrogen) atoms. The van der Waals surface area contributed by atoms with E-state index in [2.05, 4.69) is 10.6 Å². The molecule has 1 saturated heterocycles. The standard InChI is InChI=1S/C26H27F2N3O5/c1-14(2)23(22-11-15(3)29-36-22)26(34)31-13-17(32)12-21(31)25(33)30-35-18-9-7-16(8-10-18)24-19(27)5-4-6-20(24)28/h4-11,14,17,21,23,32H,12-13H2,1-3H3,(H,30,33)/t17-,21+,23-/m1/s1. The molecule has 10 heteroatoms. The van der Waals surface area contributed by atoms with Crippen LogP contribution in [0.4, 0.5) is 8.78 Å². The van der Waals surface area contributed by atoms with Crippen molar-refractivity contribution < 1.29 is 32.8 Å². The highest BCUT2D eigenvalue weighted by Gasteiger charge is 2.43. The minimum absolute atomic E-state index is 0.00381. The van der Waals surface area contributed by atoms with Crippen LogP contribution in [0.5, 0.6) is 5.75 Å². The predicted molar refractivity (Wildman–Crippen MR) is 126 cm³/mol. The molecule has 3 aromatic rings. The van der Waals surface area contributed by atoms with Gasteiger partial charge in [-0.05, 0) is 42.7 Å². The van der Waals surface area contributed by atoms with Crippen LogP contribution >= 0.6 is 0 Å². The summed E-state index contributed by atoms with van der Waals surface area (Å²) < 4.78 is 33.4. The first-order chi connectivity index (χ1) is 17.2. The molecule has 4 rings (SSSR count). The number of aromatic nitrogens is 1. The van der Waals surface area contributed by atoms with E-state index in [9.17, 15) is 23.5 Å². The van der Waals surface area contributed by atoms with Crippen LogP contribution in [0.2, 0.25) is 0 Å². The van der Waals surface area contributed by atoms with Gasteiger partial charge in [-0.3, -0.25) is 9.59 Å². The molecule has 8 nitrogen and oxygen atoms in total. The Hall–Kier alpha value is -3.79. The number of nitrogens with one attached hydrogen (secondary N) is 1. The fraction of sp³-hybridized carbons (Fsp3) is 0.346. The van der Waals surface area contributed by atoms with Gasteiger partial charge in [0.05, 0.1) is 17.4 Å². The second-order valence-electron chi connectivity index (χ2n) is 9.18. The molecule has 2 aromatic carbocycles. The van der Waals surface area contributed by atoms with Crippen LogP contribution in [0.1, 0.15) is 37.6 Å². The smallest absolute Gasteiger partial charge is 0.275 e. The van der Waals surface area contributed by atoms with Crippen LogP contribution < -0.4 is 10.3 Å². The van der Waals surface area contributed by atoms with E-state index in [-0.39, 0.29) is 36.1 Å². The molecule has 3 atom stereocenters. The summed E-state index contributed by atoms with van der Waals surface area (Å²) in [6.45, 7) is 5.47. The Balaban J connectivity index is 1.44. The molecule has 2 amide bonds. The molecule has 2 N–H and O–H groups in total. The van der Waals surface area contributed by atoms with Crippen molar-refractivity contribution in [2.75, 3.05) is 6.54 Å². The number of hydroxylamine groups is 1. The molecule has 1 aliphatic heterocycles. The van der Waals surface area contributed by atoms with Crippen molar-refractivity contribution in [3.8, 4) is 16.9 Å². The molecule has 1 aliphatic rings. The van der Waals surface area contributed by atoms with Crippen LogP contribution in [-0.4, -0.2) is 45.7 Å². The molecule has 1 fully saturated rings. The van der Waals surface area contributed by atoms with Crippen LogP contribution in [0.25, 0.3) is 11.1 Å². The second-order valence-corrected chi connectivity index (χ2v) is 9.18. The summed E-state index contributed by atoms with van der Waals surface area (Å²) in [6.07, 6.45) is -0.823. The number of likely N-dealkylation sites (tertiary alicyclic amines) is 1. The molecule has 1 aromatic heterocycles. The summed E-state index contributed by atoms with van der Waals surface area (Å²) >= 11 is 0. The van der Waals surface area contributed by atoms with Gasteiger partial charge in [-0.15, -0.1) is 0 Å². The van der Waals surface area contributed by atoms with E-state index in [1.165, 1.54) is 47.4 Å². The molecule has 0 unspecified atom stereocenters. The summed E-state index contributed by atoms with van der Waals surface area (Å²) in [4.78, 5) is 33.0. The zero-order valence-electron chi connectivity index (χ0n) is 20.1. The first-order valence-electron chi connectivity index (χ1n) is 11.6. The maximum atomic E-state index is 14.0. The van der Waals surface area contributed by atoms with Gasteiger partial charge in [0.15, 0.2) is 5.75 Å². The van der Waals surface area contributed by atoms with Gasteiger partial charge < -0.3 is 19.4 Å². The number of aliphatic hydroxyl groups is 1. The normalized spacial score (nSPS) is 18.4. The number of halogens is 2. The third kappa shape index (κ3) is 5.23. The Morgan fingerprint density at radius 3 is 2.42 bits per heavy atom. The number of aryl methyl sites for hydroxylation is 1. The Bertz CT molecular complexity index is 1220. The third-order valence-corrected chi connectivity index (χ3v) is 6.13. The van der Waals surface area contributed by atoms with Crippen LogP contribution in [0, 0.1) is 24.5 Å². The molecular formula is C26H27F2N3O5. The molecule has 0 bridgehead atoms. The van der Waals surface area contributed by atoms with Gasteiger partial charge in [0.1, 0.15) is 29.4 Å². The number of amides is 2. The SMILES string of the molecule is Cc1cc([C@H](C(=O)N2C[C@H](O)C[C@H]2C(=O)NOc2ccc(-c3c(F)cccc3F)cc2)C(C)C)on1. The fourth-order valence-corrected chi connectivity index (χ4v) is 4.39. The predicted octanol–water partition coefficient (Wildman–Crippen LogP) is 3.74. The Kier molecular flexibility index (Phi) is 7.35. The third-order valence-electron chi connectivity index (χ3n) is 6.13. The first-order valence-corrected chi connectivity index (χ1v) is 11.6. The number of aliphatic hydroxyl groups excluding tert-OH is 1. The number of carbonyl (C=O) groups is 2. The number of carbonyl (C=O) groups excluding carboxylic acids is 2. The number of hydrogen-bond acceptors (Lipinski definition) is 6. The Morgan fingerprint density at radius 2 is 1.83 bits per heavy atom. The highest BCUT2D eigenvalue weighted by molar-refractivity contribution is 5.91. The number of benzene rings is 2. The van der Waals surface area contributed by atoms with E-state index in [0.29, 0.717) is 17.0 Å². The van der Waals surface area contributed by atoms with Crippen LogP contribution in [0.15, 0.2) is 53.1 Å². The van der Waals surface area contributed by atoms with E-state index in [1.807, 2.05) is 13.8 Å². The molecule has 190 valence electrons. The van der Waals surface area contributed by atoms with Gasteiger partial charge in [-0.2, -0.15) is 5.48 Å². The van der Waals surface area contributed by atoms with Crippen molar-refractivity contribution in [2.24, 2.45) is 5.92 Å². The van der Waals surface area contributed by atoms with E-state index >= 15 is 0 Å². The van der Waals surface area contributed by atoms with Crippen molar-refractivity contribution in [1.82, 2.24) is 15.5 Å².